The molecule has 20 heavy (non-hydrogen) atoms. The molecular formula is C16H17ClN2O. The third kappa shape index (κ3) is 3.31. The molecule has 3 nitrogen and oxygen atoms in total. The summed E-state index contributed by atoms with van der Waals surface area (Å²) >= 11 is 6.03. The summed E-state index contributed by atoms with van der Waals surface area (Å²) in [6, 6.07) is 13.5. The van der Waals surface area contributed by atoms with Crippen LogP contribution in [0.1, 0.15) is 18.1 Å². The van der Waals surface area contributed by atoms with Crippen molar-refractivity contribution >= 4 is 23.0 Å². The van der Waals surface area contributed by atoms with Gasteiger partial charge in [0.2, 0.25) is 0 Å². The van der Waals surface area contributed by atoms with E-state index in [1.807, 2.05) is 50.2 Å². The minimum atomic E-state index is 0.659. The lowest BCUT2D eigenvalue weighted by Gasteiger charge is -2.10. The number of aryl methyl sites for hydroxylation is 1. The van der Waals surface area contributed by atoms with Gasteiger partial charge in [0, 0.05) is 10.6 Å². The van der Waals surface area contributed by atoms with Gasteiger partial charge >= 0.3 is 0 Å². The van der Waals surface area contributed by atoms with Crippen LogP contribution >= 0.6 is 11.6 Å². The van der Waals surface area contributed by atoms with Crippen molar-refractivity contribution < 1.29 is 4.74 Å². The van der Waals surface area contributed by atoms with Crippen LogP contribution in [0.25, 0.3) is 0 Å². The normalized spacial score (nSPS) is 11.3. The second-order valence-corrected chi connectivity index (χ2v) is 4.90. The lowest BCUT2D eigenvalue weighted by Crippen LogP contribution is -2.03. The van der Waals surface area contributed by atoms with Crippen molar-refractivity contribution in [3.05, 3.63) is 58.6 Å². The predicted molar refractivity (Wildman–Crippen MR) is 85.0 cm³/mol. The number of nitrogens with one attached hydrogen (secondary N) is 1. The van der Waals surface area contributed by atoms with Gasteiger partial charge in [0.05, 0.1) is 18.5 Å². The molecule has 2 rings (SSSR count). The molecule has 0 aromatic heterocycles. The van der Waals surface area contributed by atoms with Crippen LogP contribution < -0.4 is 10.2 Å². The average molecular weight is 289 g/mol. The minimum Gasteiger partial charge on any atom is -0.496 e. The standard InChI is InChI=1S/C16H17ClN2O/c1-11-6-4-5-7-15(11)19-18-12(2)14-10-13(17)8-9-16(14)20-3/h4-10,19H,1-3H3/b18-12-. The molecule has 2 aromatic rings. The van der Waals surface area contributed by atoms with Gasteiger partial charge in [0.1, 0.15) is 5.75 Å². The fourth-order valence-corrected chi connectivity index (χ4v) is 2.04. The Hall–Kier alpha value is -2.00. The molecular weight excluding hydrogens is 272 g/mol. The molecule has 0 saturated carbocycles. The molecule has 0 fully saturated rings. The Bertz CT molecular complexity index is 638. The number of halogens is 1. The second-order valence-electron chi connectivity index (χ2n) is 4.47. The first-order valence-electron chi connectivity index (χ1n) is 6.31. The number of anilines is 1. The van der Waals surface area contributed by atoms with Crippen molar-refractivity contribution in [3.63, 3.8) is 0 Å². The molecule has 0 aliphatic carbocycles. The van der Waals surface area contributed by atoms with Crippen LogP contribution in [0.4, 0.5) is 5.69 Å². The van der Waals surface area contributed by atoms with Gasteiger partial charge in [0.25, 0.3) is 0 Å². The van der Waals surface area contributed by atoms with Crippen LogP contribution in [0.2, 0.25) is 5.02 Å². The van der Waals surface area contributed by atoms with Crippen LogP contribution in [-0.4, -0.2) is 12.8 Å². The first kappa shape index (κ1) is 14.4. The summed E-state index contributed by atoms with van der Waals surface area (Å²) in [6.07, 6.45) is 0. The Morgan fingerprint density at radius 2 is 1.95 bits per heavy atom. The minimum absolute atomic E-state index is 0.659. The highest BCUT2D eigenvalue weighted by molar-refractivity contribution is 6.31. The number of para-hydroxylation sites is 1. The maximum absolute atomic E-state index is 6.03. The highest BCUT2D eigenvalue weighted by Gasteiger charge is 2.07. The average Bonchev–Trinajstić information content (AvgIpc) is 2.46. The Kier molecular flexibility index (Phi) is 4.64. The van der Waals surface area contributed by atoms with Gasteiger partial charge in [-0.1, -0.05) is 29.8 Å². The van der Waals surface area contributed by atoms with Crippen molar-refractivity contribution in [1.29, 1.82) is 0 Å². The largest absolute Gasteiger partial charge is 0.496 e. The molecule has 0 unspecified atom stereocenters. The first-order valence-corrected chi connectivity index (χ1v) is 6.69. The van der Waals surface area contributed by atoms with Gasteiger partial charge in [-0.15, -0.1) is 0 Å². The van der Waals surface area contributed by atoms with E-state index in [2.05, 4.69) is 10.5 Å². The highest BCUT2D eigenvalue weighted by atomic mass is 35.5. The molecule has 0 amide bonds. The first-order chi connectivity index (χ1) is 9.61. The number of hydrogen-bond donors (Lipinski definition) is 1. The summed E-state index contributed by atoms with van der Waals surface area (Å²) < 4.78 is 5.33. The fraction of sp³-hybridized carbons (Fsp3) is 0.188. The van der Waals surface area contributed by atoms with Crippen LogP contribution in [0.15, 0.2) is 47.6 Å². The van der Waals surface area contributed by atoms with E-state index in [9.17, 15) is 0 Å². The molecule has 0 aliphatic rings. The molecule has 2 aromatic carbocycles. The van der Waals surface area contributed by atoms with E-state index in [4.69, 9.17) is 16.3 Å². The third-order valence-corrected chi connectivity index (χ3v) is 3.28. The Labute approximate surface area is 124 Å². The quantitative estimate of drug-likeness (QED) is 0.664. The van der Waals surface area contributed by atoms with Crippen molar-refractivity contribution in [2.45, 2.75) is 13.8 Å². The summed E-state index contributed by atoms with van der Waals surface area (Å²) in [5.41, 5.74) is 6.88. The Morgan fingerprint density at radius 3 is 2.65 bits per heavy atom. The molecule has 0 saturated heterocycles. The predicted octanol–water partition coefficient (Wildman–Crippen LogP) is 4.49. The highest BCUT2D eigenvalue weighted by Crippen LogP contribution is 2.23. The van der Waals surface area contributed by atoms with E-state index in [0.29, 0.717) is 5.02 Å². The summed E-state index contributed by atoms with van der Waals surface area (Å²) in [6.45, 7) is 3.95. The maximum atomic E-state index is 6.03. The topological polar surface area (TPSA) is 33.6 Å². The van der Waals surface area contributed by atoms with Crippen molar-refractivity contribution in [3.8, 4) is 5.75 Å². The van der Waals surface area contributed by atoms with Gasteiger partial charge in [-0.2, -0.15) is 5.10 Å². The van der Waals surface area contributed by atoms with Gasteiger partial charge in [-0.3, -0.25) is 5.43 Å². The van der Waals surface area contributed by atoms with Crippen molar-refractivity contribution in [1.82, 2.24) is 0 Å². The van der Waals surface area contributed by atoms with E-state index >= 15 is 0 Å². The number of methoxy groups -OCH3 is 1. The number of hydrazone groups is 1. The number of ether oxygens (including phenoxy) is 1. The van der Waals surface area contributed by atoms with Crippen molar-refractivity contribution in [2.75, 3.05) is 12.5 Å². The summed E-state index contributed by atoms with van der Waals surface area (Å²) in [5.74, 6) is 0.752. The zero-order valence-corrected chi connectivity index (χ0v) is 12.5. The molecule has 0 atom stereocenters. The molecule has 0 aliphatic heterocycles. The van der Waals surface area contributed by atoms with E-state index in [1.54, 1.807) is 13.2 Å². The second kappa shape index (κ2) is 6.44. The third-order valence-electron chi connectivity index (χ3n) is 3.04. The fourth-order valence-electron chi connectivity index (χ4n) is 1.87. The lowest BCUT2D eigenvalue weighted by atomic mass is 10.1. The van der Waals surface area contributed by atoms with Crippen molar-refractivity contribution in [2.24, 2.45) is 5.10 Å². The van der Waals surface area contributed by atoms with Crippen LogP contribution in [0.5, 0.6) is 5.75 Å². The zero-order valence-electron chi connectivity index (χ0n) is 11.8. The Balaban J connectivity index is 2.27. The zero-order chi connectivity index (χ0) is 14.5. The van der Waals surface area contributed by atoms with Gasteiger partial charge < -0.3 is 4.74 Å². The van der Waals surface area contributed by atoms with E-state index < -0.39 is 0 Å². The molecule has 0 heterocycles. The van der Waals surface area contributed by atoms with Gasteiger partial charge in [0.15, 0.2) is 0 Å². The molecule has 1 N–H and O–H groups in total. The molecule has 0 bridgehead atoms. The number of nitrogens with zero attached hydrogens (tertiary/aromatic N) is 1. The SMILES string of the molecule is COc1ccc(Cl)cc1/C(C)=N\Nc1ccccc1C. The molecule has 104 valence electrons. The van der Waals surface area contributed by atoms with E-state index in [1.165, 1.54) is 0 Å². The van der Waals surface area contributed by atoms with Gasteiger partial charge in [-0.25, -0.2) is 0 Å². The van der Waals surface area contributed by atoms with Crippen LogP contribution in [0, 0.1) is 6.92 Å². The van der Waals surface area contributed by atoms with Crippen LogP contribution in [-0.2, 0) is 0 Å². The van der Waals surface area contributed by atoms with E-state index in [0.717, 1.165) is 28.3 Å². The Morgan fingerprint density at radius 1 is 1.20 bits per heavy atom. The van der Waals surface area contributed by atoms with Crippen LogP contribution in [0.3, 0.4) is 0 Å². The number of hydrogen-bond acceptors (Lipinski definition) is 3. The molecule has 4 heteroatoms. The van der Waals surface area contributed by atoms with E-state index in [-0.39, 0.29) is 0 Å². The smallest absolute Gasteiger partial charge is 0.128 e. The number of rotatable bonds is 4. The monoisotopic (exact) mass is 288 g/mol. The lowest BCUT2D eigenvalue weighted by molar-refractivity contribution is 0.414. The summed E-state index contributed by atoms with van der Waals surface area (Å²) in [7, 11) is 1.63. The molecule has 0 spiro atoms. The van der Waals surface area contributed by atoms with Gasteiger partial charge in [-0.05, 0) is 43.7 Å². The summed E-state index contributed by atoms with van der Waals surface area (Å²) in [5, 5.41) is 5.06. The maximum Gasteiger partial charge on any atom is 0.128 e. The molecule has 0 radical (unpaired) electrons. The summed E-state index contributed by atoms with van der Waals surface area (Å²) in [4.78, 5) is 0. The number of benzene rings is 2.